The molecule has 0 amide bonds. The van der Waals surface area contributed by atoms with Gasteiger partial charge in [0.15, 0.2) is 0 Å². The van der Waals surface area contributed by atoms with Gasteiger partial charge in [0.05, 0.1) is 5.03 Å². The number of para-hydroxylation sites is 1. The van der Waals surface area contributed by atoms with Gasteiger partial charge in [-0.1, -0.05) is 102 Å². The van der Waals surface area contributed by atoms with E-state index < -0.39 is 0 Å². The molecule has 0 fully saturated rings. The van der Waals surface area contributed by atoms with Gasteiger partial charge in [-0.05, 0) is 49.0 Å². The molecule has 0 radical (unpaired) electrons. The number of benzene rings is 2. The number of aromatic nitrogens is 1. The lowest BCUT2D eigenvalue weighted by molar-refractivity contribution is 0.473. The first kappa shape index (κ1) is 28.1. The van der Waals surface area contributed by atoms with Crippen LogP contribution in [0.2, 0.25) is 0 Å². The minimum Gasteiger partial charge on any atom is -0.507 e. The van der Waals surface area contributed by atoms with Crippen molar-refractivity contribution in [2.24, 2.45) is 0 Å². The highest BCUT2D eigenvalue weighted by atomic mass is 32.2. The lowest BCUT2D eigenvalue weighted by atomic mass is 10.0. The van der Waals surface area contributed by atoms with E-state index in [1.165, 1.54) is 103 Å². The Bertz CT molecular complexity index is 1030. The van der Waals surface area contributed by atoms with Crippen molar-refractivity contribution in [2.45, 2.75) is 108 Å². The van der Waals surface area contributed by atoms with E-state index in [1.54, 1.807) is 0 Å². The molecule has 0 aliphatic rings. The molecule has 3 aromatic rings. The van der Waals surface area contributed by atoms with Crippen LogP contribution in [0.1, 0.15) is 96.5 Å². The van der Waals surface area contributed by atoms with Gasteiger partial charge < -0.3 is 10.1 Å². The number of H-pyrrole nitrogens is 1. The summed E-state index contributed by atoms with van der Waals surface area (Å²) in [5.74, 6) is 2.67. The highest BCUT2D eigenvalue weighted by Crippen LogP contribution is 2.45. The molecule has 2 N–H and O–H groups in total. The molecule has 2 nitrogen and oxygen atoms in total. The van der Waals surface area contributed by atoms with Crippen LogP contribution in [-0.2, 0) is 0 Å². The summed E-state index contributed by atoms with van der Waals surface area (Å²) >= 11 is 3.89. The first-order valence-electron chi connectivity index (χ1n) is 13.9. The topological polar surface area (TPSA) is 36.0 Å². The number of thioether (sulfide) groups is 2. The van der Waals surface area contributed by atoms with Gasteiger partial charge in [-0.3, -0.25) is 0 Å². The van der Waals surface area contributed by atoms with Gasteiger partial charge in [-0.2, -0.15) is 0 Å². The molecule has 0 unspecified atom stereocenters. The molecule has 0 atom stereocenters. The van der Waals surface area contributed by atoms with E-state index in [-0.39, 0.29) is 0 Å². The lowest BCUT2D eigenvalue weighted by Crippen LogP contribution is -1.88. The summed E-state index contributed by atoms with van der Waals surface area (Å²) in [6.07, 6.45) is 15.9. The molecule has 192 valence electrons. The first-order valence-corrected chi connectivity index (χ1v) is 15.8. The monoisotopic (exact) mass is 511 g/mol. The number of unbranched alkanes of at least 4 members (excludes halogenated alkanes) is 10. The molecule has 0 bridgehead atoms. The fourth-order valence-electron chi connectivity index (χ4n) is 4.66. The summed E-state index contributed by atoms with van der Waals surface area (Å²) in [4.78, 5) is 5.05. The molecule has 0 saturated heterocycles. The van der Waals surface area contributed by atoms with E-state index in [1.807, 2.05) is 36.5 Å². The molecule has 0 aliphatic carbocycles. The van der Waals surface area contributed by atoms with Crippen LogP contribution in [0.25, 0.3) is 22.0 Å². The van der Waals surface area contributed by atoms with Crippen molar-refractivity contribution in [3.8, 4) is 16.9 Å². The number of hydrogen-bond donors (Lipinski definition) is 2. The number of phenolic OH excluding ortho intramolecular Hbond substituents is 1. The Morgan fingerprint density at radius 2 is 1.31 bits per heavy atom. The molecule has 0 spiro atoms. The van der Waals surface area contributed by atoms with Crippen molar-refractivity contribution in [1.29, 1.82) is 0 Å². The molecule has 0 saturated carbocycles. The van der Waals surface area contributed by atoms with Crippen molar-refractivity contribution < 1.29 is 5.11 Å². The lowest BCUT2D eigenvalue weighted by Gasteiger charge is -2.11. The number of phenols is 1. The first-order chi connectivity index (χ1) is 17.2. The standard InChI is InChI=1S/C31H45NOS2/c1-4-6-8-10-12-14-22-34-27-21-17-20-26-29(27)28(25-19-16-18-24(3)30(25)33)31(32-26)35-23-15-13-11-9-7-5-2/h16-21,32-33H,4-15,22-23H2,1-3H3. The predicted octanol–water partition coefficient (Wildman–Crippen LogP) is 10.8. The molecule has 0 aliphatic heterocycles. The zero-order valence-electron chi connectivity index (χ0n) is 22.1. The van der Waals surface area contributed by atoms with Crippen molar-refractivity contribution >= 4 is 34.4 Å². The molecule has 3 rings (SSSR count). The van der Waals surface area contributed by atoms with E-state index in [2.05, 4.69) is 49.2 Å². The van der Waals surface area contributed by atoms with Crippen molar-refractivity contribution in [1.82, 2.24) is 4.98 Å². The summed E-state index contributed by atoms with van der Waals surface area (Å²) in [7, 11) is 0. The zero-order valence-corrected chi connectivity index (χ0v) is 23.8. The number of hydrogen-bond acceptors (Lipinski definition) is 3. The Hall–Kier alpha value is -1.52. The van der Waals surface area contributed by atoms with Crippen LogP contribution in [-0.4, -0.2) is 21.6 Å². The maximum Gasteiger partial charge on any atom is 0.126 e. The van der Waals surface area contributed by atoms with Crippen molar-refractivity contribution in [3.05, 3.63) is 42.0 Å². The normalized spacial score (nSPS) is 11.5. The number of fused-ring (bicyclic) bond motifs is 1. The van der Waals surface area contributed by atoms with Gasteiger partial charge in [-0.15, -0.1) is 23.5 Å². The minimum absolute atomic E-state index is 0.408. The van der Waals surface area contributed by atoms with Crippen LogP contribution in [0.4, 0.5) is 0 Å². The number of aryl methyl sites for hydroxylation is 1. The van der Waals surface area contributed by atoms with E-state index in [9.17, 15) is 5.11 Å². The predicted molar refractivity (Wildman–Crippen MR) is 158 cm³/mol. The highest BCUT2D eigenvalue weighted by Gasteiger charge is 2.20. The second-order valence-electron chi connectivity index (χ2n) is 9.71. The number of aromatic hydroxyl groups is 1. The minimum atomic E-state index is 0.408. The van der Waals surface area contributed by atoms with Crippen LogP contribution in [0, 0.1) is 6.92 Å². The Morgan fingerprint density at radius 3 is 2.00 bits per heavy atom. The third-order valence-electron chi connectivity index (χ3n) is 6.76. The van der Waals surface area contributed by atoms with Crippen molar-refractivity contribution in [3.63, 3.8) is 0 Å². The number of nitrogens with one attached hydrogen (secondary N) is 1. The summed E-state index contributed by atoms with van der Waals surface area (Å²) in [5.41, 5.74) is 4.25. The summed E-state index contributed by atoms with van der Waals surface area (Å²) in [5, 5.41) is 13.5. The molecule has 1 aromatic heterocycles. The third-order valence-corrected chi connectivity index (χ3v) is 8.99. The van der Waals surface area contributed by atoms with Crippen LogP contribution in [0.5, 0.6) is 5.75 Å². The fraction of sp³-hybridized carbons (Fsp3) is 0.548. The van der Waals surface area contributed by atoms with E-state index >= 15 is 0 Å². The van der Waals surface area contributed by atoms with E-state index in [4.69, 9.17) is 0 Å². The maximum atomic E-state index is 11.0. The van der Waals surface area contributed by atoms with E-state index in [0.717, 1.165) is 22.6 Å². The zero-order chi connectivity index (χ0) is 24.9. The quantitative estimate of drug-likeness (QED) is 0.140. The average molecular weight is 512 g/mol. The second kappa shape index (κ2) is 15.6. The van der Waals surface area contributed by atoms with Crippen LogP contribution in [0.15, 0.2) is 46.3 Å². The van der Waals surface area contributed by atoms with Gasteiger partial charge in [0.1, 0.15) is 5.75 Å². The molecule has 35 heavy (non-hydrogen) atoms. The fourth-order valence-corrected chi connectivity index (χ4v) is 6.85. The van der Waals surface area contributed by atoms with Crippen LogP contribution < -0.4 is 0 Å². The van der Waals surface area contributed by atoms with E-state index in [0.29, 0.717) is 5.75 Å². The SMILES string of the molecule is CCCCCCCCSc1[nH]c2cccc(SCCCCCCCC)c2c1-c1cccc(C)c1O. The Balaban J connectivity index is 1.79. The molecule has 1 heterocycles. The average Bonchev–Trinajstić information content (AvgIpc) is 3.23. The summed E-state index contributed by atoms with van der Waals surface area (Å²) in [6, 6.07) is 12.8. The molecule has 2 aromatic carbocycles. The second-order valence-corrected chi connectivity index (χ2v) is 12.0. The van der Waals surface area contributed by atoms with Gasteiger partial charge >= 0.3 is 0 Å². The van der Waals surface area contributed by atoms with Gasteiger partial charge in [-0.25, -0.2) is 0 Å². The van der Waals surface area contributed by atoms with Gasteiger partial charge in [0.25, 0.3) is 0 Å². The smallest absolute Gasteiger partial charge is 0.126 e. The molecular formula is C31H45NOS2. The van der Waals surface area contributed by atoms with Crippen LogP contribution in [0.3, 0.4) is 0 Å². The van der Waals surface area contributed by atoms with Gasteiger partial charge in [0.2, 0.25) is 0 Å². The Morgan fingerprint density at radius 1 is 0.714 bits per heavy atom. The third kappa shape index (κ3) is 8.25. The molecular weight excluding hydrogens is 466 g/mol. The maximum absolute atomic E-state index is 11.0. The Kier molecular flexibility index (Phi) is 12.5. The number of aromatic amines is 1. The van der Waals surface area contributed by atoms with Crippen LogP contribution >= 0.6 is 23.5 Å². The highest BCUT2D eigenvalue weighted by molar-refractivity contribution is 7.99. The largest absolute Gasteiger partial charge is 0.507 e. The van der Waals surface area contributed by atoms with Gasteiger partial charge in [0, 0.05) is 26.9 Å². The summed E-state index contributed by atoms with van der Waals surface area (Å²) in [6.45, 7) is 6.54. The number of rotatable bonds is 17. The van der Waals surface area contributed by atoms with Crippen molar-refractivity contribution in [2.75, 3.05) is 11.5 Å². The summed E-state index contributed by atoms with van der Waals surface area (Å²) < 4.78 is 0. The Labute approximate surface area is 222 Å². The molecule has 4 heteroatoms.